The minimum atomic E-state index is -1.06. The van der Waals surface area contributed by atoms with Gasteiger partial charge in [-0.3, -0.25) is 10.2 Å². The molecule has 0 unspecified atom stereocenters. The van der Waals surface area contributed by atoms with Gasteiger partial charge in [0.25, 0.3) is 5.39 Å². The third-order valence-electron chi connectivity index (χ3n) is 3.42. The molecule has 3 rings (SSSR count). The van der Waals surface area contributed by atoms with E-state index in [-0.39, 0.29) is 11.4 Å². The van der Waals surface area contributed by atoms with Crippen molar-refractivity contribution in [2.45, 2.75) is 0 Å². The molecule has 0 N–H and O–H groups in total. The third-order valence-corrected chi connectivity index (χ3v) is 5.80. The molecule has 8 heteroatoms. The van der Waals surface area contributed by atoms with Gasteiger partial charge in [-0.15, -0.1) is 0 Å². The van der Waals surface area contributed by atoms with E-state index in [1.807, 2.05) is 60.7 Å². The summed E-state index contributed by atoms with van der Waals surface area (Å²) in [4.78, 5) is 4.47. The number of diazo groups is 1. The molecule has 1 heterocycles. The first-order chi connectivity index (χ1) is 12.3. The topological polar surface area (TPSA) is 99.9 Å². The van der Waals surface area contributed by atoms with Gasteiger partial charge in [-0.25, -0.2) is 0 Å². The van der Waals surface area contributed by atoms with Gasteiger partial charge in [0.05, 0.1) is 0 Å². The highest BCUT2D eigenvalue weighted by molar-refractivity contribution is 7.90. The maximum absolute atomic E-state index is 8.96. The predicted molar refractivity (Wildman–Crippen MR) is 101 cm³/mol. The van der Waals surface area contributed by atoms with Crippen LogP contribution in [0.1, 0.15) is 0 Å². The molecule has 0 saturated carbocycles. The average Bonchev–Trinajstić information content (AvgIpc) is 2.66. The molecule has 0 aromatic heterocycles. The molecule has 0 fully saturated rings. The molecule has 2 aromatic rings. The molecule has 0 saturated heterocycles. The van der Waals surface area contributed by atoms with Crippen LogP contribution in [-0.4, -0.2) is 16.9 Å². The van der Waals surface area contributed by atoms with Crippen LogP contribution in [0.4, 0.5) is 0 Å². The first-order valence-electron chi connectivity index (χ1n) is 7.34. The molecular formula is C17H12N7P. The van der Waals surface area contributed by atoms with Gasteiger partial charge in [0.15, 0.2) is 10.8 Å². The third kappa shape index (κ3) is 3.60. The molecular weight excluding hydrogens is 333 g/mol. The van der Waals surface area contributed by atoms with Crippen LogP contribution in [0, 0.1) is 5.39 Å². The quantitative estimate of drug-likeness (QED) is 0.359. The smallest absolute Gasteiger partial charge is 0.339 e. The maximum Gasteiger partial charge on any atom is 0.339 e. The fourth-order valence-corrected chi connectivity index (χ4v) is 4.70. The Labute approximate surface area is 145 Å². The number of benzene rings is 2. The summed E-state index contributed by atoms with van der Waals surface area (Å²) in [7, 11) is -1.06. The Morgan fingerprint density at radius 1 is 0.960 bits per heavy atom. The van der Waals surface area contributed by atoms with Gasteiger partial charge < -0.3 is 10.6 Å². The van der Waals surface area contributed by atoms with E-state index in [0.717, 1.165) is 10.6 Å². The van der Waals surface area contributed by atoms with Crippen LogP contribution in [0.2, 0.25) is 0 Å². The van der Waals surface area contributed by atoms with E-state index in [9.17, 15) is 0 Å². The lowest BCUT2D eigenvalue weighted by molar-refractivity contribution is 1.22. The van der Waals surface area contributed by atoms with Crippen LogP contribution < -0.4 is 10.6 Å². The number of hydrogen-bond donors (Lipinski definition) is 0. The van der Waals surface area contributed by atoms with E-state index in [1.165, 1.54) is 6.08 Å². The van der Waals surface area contributed by atoms with Crippen LogP contribution >= 0.6 is 7.92 Å². The molecule has 25 heavy (non-hydrogen) atoms. The van der Waals surface area contributed by atoms with E-state index in [1.54, 1.807) is 6.20 Å². The molecule has 120 valence electrons. The summed E-state index contributed by atoms with van der Waals surface area (Å²) in [6, 6.07) is 19.8. The Morgan fingerprint density at radius 2 is 1.56 bits per heavy atom. The van der Waals surface area contributed by atoms with E-state index in [0.29, 0.717) is 5.45 Å². The van der Waals surface area contributed by atoms with Gasteiger partial charge in [0.1, 0.15) is 5.45 Å². The van der Waals surface area contributed by atoms with Crippen LogP contribution in [0.5, 0.6) is 0 Å². The van der Waals surface area contributed by atoms with Crippen LogP contribution in [0.15, 0.2) is 93.4 Å². The highest BCUT2D eigenvalue weighted by Crippen LogP contribution is 2.37. The van der Waals surface area contributed by atoms with Crippen molar-refractivity contribution in [3.05, 3.63) is 83.6 Å². The van der Waals surface area contributed by atoms with Gasteiger partial charge >= 0.3 is 5.08 Å². The first kappa shape index (κ1) is 16.5. The number of aliphatic imine (C=N–C) groups is 1. The molecule has 1 aliphatic rings. The predicted octanol–water partition coefficient (Wildman–Crippen LogP) is 3.63. The zero-order valence-corrected chi connectivity index (χ0v) is 13.9. The summed E-state index contributed by atoms with van der Waals surface area (Å²) in [5.41, 5.74) is 9.92. The Morgan fingerprint density at radius 3 is 2.08 bits per heavy atom. The monoisotopic (exact) mass is 345 g/mol. The van der Waals surface area contributed by atoms with Crippen molar-refractivity contribution in [3.63, 3.8) is 0 Å². The second kappa shape index (κ2) is 7.95. The highest BCUT2D eigenvalue weighted by Gasteiger charge is 2.29. The molecule has 0 amide bonds. The zero-order chi connectivity index (χ0) is 17.5. The van der Waals surface area contributed by atoms with Crippen molar-refractivity contribution in [2.24, 2.45) is 20.4 Å². The van der Waals surface area contributed by atoms with Crippen molar-refractivity contribution in [2.75, 3.05) is 0 Å². The Balaban J connectivity index is 2.19. The van der Waals surface area contributed by atoms with Gasteiger partial charge in [0, 0.05) is 19.8 Å². The molecule has 0 aliphatic carbocycles. The largest absolute Gasteiger partial charge is 0.362 e. The van der Waals surface area contributed by atoms with E-state index < -0.39 is 7.92 Å². The Kier molecular flexibility index (Phi) is 5.25. The molecule has 0 radical (unpaired) electrons. The summed E-state index contributed by atoms with van der Waals surface area (Å²) in [6.07, 6.45) is 3.10. The van der Waals surface area contributed by atoms with Gasteiger partial charge in [-0.05, 0) is 16.7 Å². The Hall–Kier alpha value is -3.36. The first-order valence-corrected chi connectivity index (χ1v) is 8.68. The highest BCUT2D eigenvalue weighted by atomic mass is 31.1. The Bertz CT molecular complexity index is 885. The SMILES string of the molecule is N#[N+]N=C1C(=NN=[N-])C=CN=C1P(c1ccccc1)c1ccccc1. The molecule has 0 spiro atoms. The van der Waals surface area contributed by atoms with Crippen LogP contribution in [-0.2, 0) is 0 Å². The lowest BCUT2D eigenvalue weighted by Crippen LogP contribution is -2.30. The van der Waals surface area contributed by atoms with Crippen molar-refractivity contribution in [3.8, 4) is 0 Å². The van der Waals surface area contributed by atoms with Gasteiger partial charge in [0.2, 0.25) is 0 Å². The molecule has 1 aliphatic heterocycles. The van der Waals surface area contributed by atoms with Crippen molar-refractivity contribution < 1.29 is 0 Å². The van der Waals surface area contributed by atoms with E-state index in [4.69, 9.17) is 10.9 Å². The zero-order valence-electron chi connectivity index (χ0n) is 13.0. The minimum absolute atomic E-state index is 0.265. The fourth-order valence-electron chi connectivity index (χ4n) is 2.41. The standard InChI is InChI=1S/C17H12N7P/c18-23-21-15-11-12-20-17(16(15)22-24-19)25(13-7-3-1-4-8-13)14-9-5-2-6-10-14/h1-12H. The summed E-state index contributed by atoms with van der Waals surface area (Å²) in [5, 5.41) is 24.2. The van der Waals surface area contributed by atoms with Crippen molar-refractivity contribution in [1.29, 1.82) is 5.39 Å². The molecule has 0 atom stereocenters. The second-order valence-electron chi connectivity index (χ2n) is 4.89. The second-order valence-corrected chi connectivity index (χ2v) is 7.01. The van der Waals surface area contributed by atoms with Gasteiger partial charge in [-0.2, -0.15) is 0 Å². The molecule has 2 aromatic carbocycles. The molecule has 7 nitrogen and oxygen atoms in total. The summed E-state index contributed by atoms with van der Waals surface area (Å²) in [6.45, 7) is 0. The normalized spacial score (nSPS) is 16.7. The lowest BCUT2D eigenvalue weighted by Gasteiger charge is -2.22. The van der Waals surface area contributed by atoms with Crippen LogP contribution in [0.25, 0.3) is 10.6 Å². The maximum atomic E-state index is 8.96. The minimum Gasteiger partial charge on any atom is -0.362 e. The van der Waals surface area contributed by atoms with Crippen molar-refractivity contribution in [1.82, 2.24) is 0 Å². The number of rotatable bonds is 4. The number of nitrogens with zero attached hydrogens (tertiary/aromatic N) is 7. The van der Waals surface area contributed by atoms with Crippen LogP contribution in [0.3, 0.4) is 0 Å². The van der Waals surface area contributed by atoms with E-state index >= 15 is 0 Å². The fraction of sp³-hybridized carbons (Fsp3) is 0. The molecule has 0 bridgehead atoms. The van der Waals surface area contributed by atoms with Gasteiger partial charge in [-0.1, -0.05) is 60.7 Å². The summed E-state index contributed by atoms with van der Waals surface area (Å²) in [5.74, 6) is 0. The lowest BCUT2D eigenvalue weighted by atomic mass is 10.2. The van der Waals surface area contributed by atoms with Crippen molar-refractivity contribution >= 4 is 35.4 Å². The summed E-state index contributed by atoms with van der Waals surface area (Å²) < 4.78 is 0. The average molecular weight is 345 g/mol. The van der Waals surface area contributed by atoms with E-state index in [2.05, 4.69) is 25.5 Å². The summed E-state index contributed by atoms with van der Waals surface area (Å²) >= 11 is 0. The number of hydrogen-bond acceptors (Lipinski definition) is 4. The number of allylic oxidation sites excluding steroid dienone is 1.